The molecule has 5 nitrogen and oxygen atoms in total. The molecular weight excluding hydrogens is 325 g/mol. The molecule has 0 atom stereocenters. The number of amides is 2. The first kappa shape index (κ1) is 17.1. The highest BCUT2D eigenvalue weighted by Crippen LogP contribution is 2.47. The van der Waals surface area contributed by atoms with Crippen LogP contribution in [0.15, 0.2) is 18.2 Å². The van der Waals surface area contributed by atoms with Crippen LogP contribution in [0.4, 0.5) is 5.69 Å². The highest BCUT2D eigenvalue weighted by atomic mass is 35.5. The number of carbonyl (C=O) groups is 2. The molecule has 1 saturated carbocycles. The molecule has 0 aromatic heterocycles. The minimum Gasteiger partial charge on any atom is -0.354 e. The number of carbonyl (C=O) groups excluding carboxylic acids is 2. The second-order valence-corrected chi connectivity index (χ2v) is 6.63. The van der Waals surface area contributed by atoms with Crippen molar-refractivity contribution < 1.29 is 9.59 Å². The van der Waals surface area contributed by atoms with E-state index in [4.69, 9.17) is 23.2 Å². The molecule has 7 heteroatoms. The molecule has 0 heterocycles. The summed E-state index contributed by atoms with van der Waals surface area (Å²) in [6.07, 6.45) is 1.11. The molecule has 0 saturated heterocycles. The summed E-state index contributed by atoms with van der Waals surface area (Å²) in [4.78, 5) is 26.6. The Hall–Kier alpha value is -1.30. The van der Waals surface area contributed by atoms with Crippen LogP contribution < -0.4 is 10.6 Å². The van der Waals surface area contributed by atoms with Crippen molar-refractivity contribution in [3.05, 3.63) is 28.2 Å². The number of nitrogens with zero attached hydrogens (tertiary/aromatic N) is 1. The zero-order valence-corrected chi connectivity index (χ0v) is 14.1. The molecule has 2 N–H and O–H groups in total. The van der Waals surface area contributed by atoms with Gasteiger partial charge in [-0.2, -0.15) is 0 Å². The fourth-order valence-corrected chi connectivity index (χ4v) is 2.65. The first-order valence-electron chi connectivity index (χ1n) is 7.04. The summed E-state index contributed by atoms with van der Waals surface area (Å²) in [5.41, 5.74) is -0.462. The Bertz CT molecular complexity index is 566. The van der Waals surface area contributed by atoms with Gasteiger partial charge < -0.3 is 15.5 Å². The third kappa shape index (κ3) is 4.12. The van der Waals surface area contributed by atoms with Gasteiger partial charge in [-0.25, -0.2) is 0 Å². The largest absolute Gasteiger partial charge is 0.354 e. The Morgan fingerprint density at radius 2 is 1.73 bits per heavy atom. The minimum absolute atomic E-state index is 0.222. The van der Waals surface area contributed by atoms with Gasteiger partial charge in [0.25, 0.3) is 0 Å². The van der Waals surface area contributed by atoms with Gasteiger partial charge in [-0.3, -0.25) is 9.59 Å². The molecule has 1 aliphatic carbocycles. The number of nitrogens with one attached hydrogen (secondary N) is 2. The summed E-state index contributed by atoms with van der Waals surface area (Å²) in [7, 11) is 3.85. The predicted molar refractivity (Wildman–Crippen MR) is 88.3 cm³/mol. The number of anilines is 1. The van der Waals surface area contributed by atoms with Gasteiger partial charge in [0.2, 0.25) is 11.8 Å². The molecule has 0 radical (unpaired) electrons. The van der Waals surface area contributed by atoms with Crippen molar-refractivity contribution in [1.82, 2.24) is 10.2 Å². The SMILES string of the molecule is CN(C)CCNC(=O)C1(C(=O)Nc2cc(Cl)cc(Cl)c2)CC1. The highest BCUT2D eigenvalue weighted by molar-refractivity contribution is 6.35. The lowest BCUT2D eigenvalue weighted by molar-refractivity contribution is -0.134. The molecule has 0 unspecified atom stereocenters. The van der Waals surface area contributed by atoms with E-state index >= 15 is 0 Å². The van der Waals surface area contributed by atoms with Crippen molar-refractivity contribution >= 4 is 40.7 Å². The molecule has 1 fully saturated rings. The van der Waals surface area contributed by atoms with Gasteiger partial charge in [-0.1, -0.05) is 23.2 Å². The van der Waals surface area contributed by atoms with E-state index in [0.29, 0.717) is 35.1 Å². The van der Waals surface area contributed by atoms with Crippen LogP contribution in [-0.2, 0) is 9.59 Å². The summed E-state index contributed by atoms with van der Waals surface area (Å²) in [6.45, 7) is 1.25. The molecule has 1 aromatic rings. The number of hydrogen-bond donors (Lipinski definition) is 2. The molecule has 1 aromatic carbocycles. The maximum absolute atomic E-state index is 12.4. The normalized spacial score (nSPS) is 15.5. The Balaban J connectivity index is 1.97. The Morgan fingerprint density at radius 3 is 2.23 bits per heavy atom. The number of halogens is 2. The van der Waals surface area contributed by atoms with E-state index in [1.807, 2.05) is 19.0 Å². The maximum Gasteiger partial charge on any atom is 0.240 e. The van der Waals surface area contributed by atoms with Crippen LogP contribution in [-0.4, -0.2) is 43.9 Å². The van der Waals surface area contributed by atoms with E-state index in [0.717, 1.165) is 6.54 Å². The molecular formula is C15H19Cl2N3O2. The van der Waals surface area contributed by atoms with Crippen LogP contribution in [0.1, 0.15) is 12.8 Å². The van der Waals surface area contributed by atoms with Crippen LogP contribution in [0.2, 0.25) is 10.0 Å². The summed E-state index contributed by atoms with van der Waals surface area (Å²) in [6, 6.07) is 4.79. The Labute approximate surface area is 139 Å². The lowest BCUT2D eigenvalue weighted by atomic mass is 10.1. The van der Waals surface area contributed by atoms with E-state index in [2.05, 4.69) is 10.6 Å². The summed E-state index contributed by atoms with van der Waals surface area (Å²) in [5, 5.41) is 6.41. The highest BCUT2D eigenvalue weighted by Gasteiger charge is 2.56. The number of benzene rings is 1. The molecule has 0 spiro atoms. The van der Waals surface area contributed by atoms with Crippen LogP contribution in [0.3, 0.4) is 0 Å². The lowest BCUT2D eigenvalue weighted by Gasteiger charge is -2.17. The summed E-state index contributed by atoms with van der Waals surface area (Å²) in [5.74, 6) is -0.534. The maximum atomic E-state index is 12.4. The quantitative estimate of drug-likeness (QED) is 0.779. The van der Waals surface area contributed by atoms with Gasteiger partial charge >= 0.3 is 0 Å². The topological polar surface area (TPSA) is 61.4 Å². The van der Waals surface area contributed by atoms with Crippen molar-refractivity contribution in [3.63, 3.8) is 0 Å². The first-order chi connectivity index (χ1) is 10.3. The molecule has 1 aliphatic rings. The van der Waals surface area contributed by atoms with Gasteiger partial charge in [0.05, 0.1) is 0 Å². The van der Waals surface area contributed by atoms with E-state index < -0.39 is 5.41 Å². The molecule has 120 valence electrons. The molecule has 0 bridgehead atoms. The van der Waals surface area contributed by atoms with E-state index in [-0.39, 0.29) is 11.8 Å². The van der Waals surface area contributed by atoms with Crippen molar-refractivity contribution in [3.8, 4) is 0 Å². The fraction of sp³-hybridized carbons (Fsp3) is 0.467. The number of hydrogen-bond acceptors (Lipinski definition) is 3. The van der Waals surface area contributed by atoms with Crippen molar-refractivity contribution in [1.29, 1.82) is 0 Å². The number of rotatable bonds is 6. The zero-order valence-electron chi connectivity index (χ0n) is 12.6. The van der Waals surface area contributed by atoms with E-state index in [1.54, 1.807) is 18.2 Å². The standard InChI is InChI=1S/C15H19Cl2N3O2/c1-20(2)6-5-18-13(21)15(3-4-15)14(22)19-12-8-10(16)7-11(17)9-12/h7-9H,3-6H2,1-2H3,(H,18,21)(H,19,22). The van der Waals surface area contributed by atoms with Crippen molar-refractivity contribution in [2.75, 3.05) is 32.5 Å². The fourth-order valence-electron chi connectivity index (χ4n) is 2.12. The average molecular weight is 344 g/mol. The van der Waals surface area contributed by atoms with Gasteiger partial charge in [-0.15, -0.1) is 0 Å². The minimum atomic E-state index is -0.957. The second-order valence-electron chi connectivity index (χ2n) is 5.75. The van der Waals surface area contributed by atoms with Crippen LogP contribution in [0.5, 0.6) is 0 Å². The average Bonchev–Trinajstić information content (AvgIpc) is 3.18. The summed E-state index contributed by atoms with van der Waals surface area (Å²) >= 11 is 11.8. The Morgan fingerprint density at radius 1 is 1.14 bits per heavy atom. The summed E-state index contributed by atoms with van der Waals surface area (Å²) < 4.78 is 0. The third-order valence-corrected chi connectivity index (χ3v) is 4.02. The second kappa shape index (κ2) is 6.86. The van der Waals surface area contributed by atoms with Crippen LogP contribution in [0, 0.1) is 5.41 Å². The van der Waals surface area contributed by atoms with Crippen molar-refractivity contribution in [2.45, 2.75) is 12.8 Å². The van der Waals surface area contributed by atoms with E-state index in [1.165, 1.54) is 0 Å². The molecule has 2 rings (SSSR count). The monoisotopic (exact) mass is 343 g/mol. The third-order valence-electron chi connectivity index (χ3n) is 3.58. The van der Waals surface area contributed by atoms with Gasteiger partial charge in [0.1, 0.15) is 5.41 Å². The van der Waals surface area contributed by atoms with E-state index in [9.17, 15) is 9.59 Å². The smallest absolute Gasteiger partial charge is 0.240 e. The first-order valence-corrected chi connectivity index (χ1v) is 7.80. The van der Waals surface area contributed by atoms with Crippen LogP contribution >= 0.6 is 23.2 Å². The van der Waals surface area contributed by atoms with Crippen molar-refractivity contribution in [2.24, 2.45) is 5.41 Å². The molecule has 0 aliphatic heterocycles. The van der Waals surface area contributed by atoms with Gasteiger partial charge in [0.15, 0.2) is 0 Å². The predicted octanol–water partition coefficient (Wildman–Crippen LogP) is 2.39. The van der Waals surface area contributed by atoms with Gasteiger partial charge in [0, 0.05) is 28.8 Å². The zero-order chi connectivity index (χ0) is 16.3. The molecule has 2 amide bonds. The molecule has 22 heavy (non-hydrogen) atoms. The lowest BCUT2D eigenvalue weighted by Crippen LogP contribution is -2.42. The Kier molecular flexibility index (Phi) is 5.32. The van der Waals surface area contributed by atoms with Crippen LogP contribution in [0.25, 0.3) is 0 Å². The number of likely N-dealkylation sites (N-methyl/N-ethyl adjacent to an activating group) is 1. The van der Waals surface area contributed by atoms with Gasteiger partial charge in [-0.05, 0) is 45.1 Å².